The zero-order valence-electron chi connectivity index (χ0n) is 15.6. The van der Waals surface area contributed by atoms with Crippen molar-refractivity contribution in [1.82, 2.24) is 0 Å². The van der Waals surface area contributed by atoms with Crippen LogP contribution in [0.3, 0.4) is 0 Å². The Bertz CT molecular complexity index is 853. The Morgan fingerprint density at radius 3 is 1.14 bits per heavy atom. The highest BCUT2D eigenvalue weighted by molar-refractivity contribution is 5.41. The minimum atomic E-state index is -8.45. The second kappa shape index (κ2) is 7.10. The molecule has 0 bridgehead atoms. The van der Waals surface area contributed by atoms with Crippen LogP contribution in [0.15, 0.2) is 0 Å². The van der Waals surface area contributed by atoms with Crippen LogP contribution in [0.25, 0.3) is 0 Å². The van der Waals surface area contributed by atoms with Gasteiger partial charge in [-0.05, 0) is 0 Å². The Hall–Kier alpha value is -1.54. The van der Waals surface area contributed by atoms with Gasteiger partial charge in [-0.15, -0.1) is 0 Å². The number of alkyl halides is 22. The Balaban J connectivity index is 3.06. The summed E-state index contributed by atoms with van der Waals surface area (Å²) in [4.78, 5) is 0. The molecule has 36 heavy (non-hydrogen) atoms. The van der Waals surface area contributed by atoms with Crippen LogP contribution >= 0.6 is 0 Å². The standard InChI is InChI=1S/C14H4F22/c15-4-2(9(21,22)23)1(7(17,18)10(24,25)11(26,27)14(34,35)36)3-5(12(28,29)30,13(31,32)33)6(3,16)8(4,19)20/h1-4H. The summed E-state index contributed by atoms with van der Waals surface area (Å²) in [6, 6.07) is 0. The highest BCUT2D eigenvalue weighted by atomic mass is 19.4. The van der Waals surface area contributed by atoms with E-state index < -0.39 is 83.4 Å². The zero-order chi connectivity index (χ0) is 29.3. The maximum absolute atomic E-state index is 14.8. The first kappa shape index (κ1) is 30.7. The molecule has 0 aliphatic heterocycles. The van der Waals surface area contributed by atoms with E-state index in [1.165, 1.54) is 0 Å². The average Bonchev–Trinajstić information content (AvgIpc) is 3.19. The summed E-state index contributed by atoms with van der Waals surface area (Å²) >= 11 is 0. The zero-order valence-corrected chi connectivity index (χ0v) is 15.6. The van der Waals surface area contributed by atoms with Gasteiger partial charge < -0.3 is 0 Å². The van der Waals surface area contributed by atoms with Crippen molar-refractivity contribution in [2.24, 2.45) is 23.2 Å². The van der Waals surface area contributed by atoms with Crippen molar-refractivity contribution < 1.29 is 96.6 Å². The van der Waals surface area contributed by atoms with E-state index in [0.717, 1.165) is 0 Å². The normalized spacial score (nSPS) is 33.8. The molecule has 2 rings (SSSR count). The van der Waals surface area contributed by atoms with Gasteiger partial charge in [0, 0.05) is 5.92 Å². The van der Waals surface area contributed by atoms with E-state index in [0.29, 0.717) is 0 Å². The topological polar surface area (TPSA) is 0 Å². The van der Waals surface area contributed by atoms with Crippen LogP contribution in [-0.4, -0.2) is 60.2 Å². The molecule has 2 aliphatic rings. The van der Waals surface area contributed by atoms with Gasteiger partial charge in [0.05, 0.1) is 5.92 Å². The lowest BCUT2D eigenvalue weighted by Crippen LogP contribution is -2.68. The molecule has 0 nitrogen and oxygen atoms in total. The number of hydrogen-bond acceptors (Lipinski definition) is 0. The summed E-state index contributed by atoms with van der Waals surface area (Å²) in [5, 5.41) is 0. The predicted octanol–water partition coefficient (Wildman–Crippen LogP) is 7.69. The number of fused-ring (bicyclic) bond motifs is 1. The van der Waals surface area contributed by atoms with Crippen molar-refractivity contribution in [3.05, 3.63) is 0 Å². The van der Waals surface area contributed by atoms with E-state index in [1.54, 1.807) is 0 Å². The molecule has 0 aromatic carbocycles. The summed E-state index contributed by atoms with van der Waals surface area (Å²) < 4.78 is 295. The van der Waals surface area contributed by atoms with Crippen molar-refractivity contribution in [3.8, 4) is 0 Å². The molecular weight excluding hydrogens is 586 g/mol. The summed E-state index contributed by atoms with van der Waals surface area (Å²) in [5.74, 6) is -50.1. The molecule has 0 aromatic heterocycles. The van der Waals surface area contributed by atoms with Gasteiger partial charge in [0.15, 0.2) is 6.17 Å². The predicted molar refractivity (Wildman–Crippen MR) is 65.6 cm³/mol. The fourth-order valence-corrected chi connectivity index (χ4v) is 4.60. The first-order valence-corrected chi connectivity index (χ1v) is 8.38. The molecule has 0 N–H and O–H groups in total. The third kappa shape index (κ3) is 3.12. The van der Waals surface area contributed by atoms with Crippen molar-refractivity contribution in [2.75, 3.05) is 0 Å². The van der Waals surface area contributed by atoms with Gasteiger partial charge in [-0.3, -0.25) is 0 Å². The third-order valence-corrected chi connectivity index (χ3v) is 6.14. The molecule has 5 unspecified atom stereocenters. The van der Waals surface area contributed by atoms with Crippen molar-refractivity contribution in [3.63, 3.8) is 0 Å². The lowest BCUT2D eigenvalue weighted by Gasteiger charge is -2.46. The minimum Gasteiger partial charge on any atom is -0.240 e. The average molecular weight is 590 g/mol. The molecule has 0 aromatic rings. The van der Waals surface area contributed by atoms with E-state index in [9.17, 15) is 96.6 Å². The maximum atomic E-state index is 14.8. The summed E-state index contributed by atoms with van der Waals surface area (Å²) in [7, 11) is 0. The summed E-state index contributed by atoms with van der Waals surface area (Å²) in [6.45, 7) is 0. The second-order valence-electron chi connectivity index (χ2n) is 7.88. The van der Waals surface area contributed by atoms with Crippen LogP contribution < -0.4 is 0 Å². The van der Waals surface area contributed by atoms with Gasteiger partial charge in [-0.2, -0.15) is 87.8 Å². The first-order chi connectivity index (χ1) is 15.3. The molecule has 0 spiro atoms. The Kier molecular flexibility index (Phi) is 6.05. The SMILES string of the molecule is FC1C(C(F)(F)F)C(C(F)(F)C(F)(F)C(F)(F)C(F)(F)F)C2C(F)(C1(F)F)C2(C(F)(F)F)C(F)(F)F. The van der Waals surface area contributed by atoms with E-state index in [4.69, 9.17) is 0 Å². The van der Waals surface area contributed by atoms with E-state index in [2.05, 4.69) is 0 Å². The van der Waals surface area contributed by atoms with Gasteiger partial charge in [-0.25, -0.2) is 8.78 Å². The van der Waals surface area contributed by atoms with E-state index >= 15 is 0 Å². The lowest BCUT2D eigenvalue weighted by atomic mass is 9.69. The third-order valence-electron chi connectivity index (χ3n) is 6.14. The van der Waals surface area contributed by atoms with Gasteiger partial charge in [-0.1, -0.05) is 0 Å². The highest BCUT2D eigenvalue weighted by Crippen LogP contribution is 2.88. The Morgan fingerprint density at radius 2 is 0.861 bits per heavy atom. The van der Waals surface area contributed by atoms with Crippen LogP contribution in [0.4, 0.5) is 96.6 Å². The molecule has 0 radical (unpaired) electrons. The summed E-state index contributed by atoms with van der Waals surface area (Å²) in [5.41, 5.74) is -14.2. The Labute approximate surface area is 181 Å². The van der Waals surface area contributed by atoms with Gasteiger partial charge in [0.25, 0.3) is 0 Å². The molecule has 2 fully saturated rings. The van der Waals surface area contributed by atoms with E-state index in [1.807, 2.05) is 0 Å². The molecule has 2 aliphatic carbocycles. The van der Waals surface area contributed by atoms with Gasteiger partial charge in [0.1, 0.15) is 5.92 Å². The van der Waals surface area contributed by atoms with Crippen LogP contribution in [0, 0.1) is 23.2 Å². The smallest absolute Gasteiger partial charge is 0.240 e. The molecule has 22 heteroatoms. The van der Waals surface area contributed by atoms with Crippen LogP contribution in [0.2, 0.25) is 0 Å². The monoisotopic (exact) mass is 590 g/mol. The summed E-state index contributed by atoms with van der Waals surface area (Å²) in [6.07, 6.45) is -36.8. The fraction of sp³-hybridized carbons (Fsp3) is 1.00. The molecule has 214 valence electrons. The fourth-order valence-electron chi connectivity index (χ4n) is 4.60. The van der Waals surface area contributed by atoms with Crippen molar-refractivity contribution in [1.29, 1.82) is 0 Å². The minimum absolute atomic E-state index is 5.86. The largest absolute Gasteiger partial charge is 0.460 e. The number of hydrogen-bond donors (Lipinski definition) is 0. The maximum Gasteiger partial charge on any atom is 0.460 e. The molecule has 0 saturated heterocycles. The molecular formula is C14H4F22. The Morgan fingerprint density at radius 1 is 0.500 bits per heavy atom. The first-order valence-electron chi connectivity index (χ1n) is 8.38. The van der Waals surface area contributed by atoms with Gasteiger partial charge >= 0.3 is 48.4 Å². The quantitative estimate of drug-likeness (QED) is 0.296. The van der Waals surface area contributed by atoms with Crippen molar-refractivity contribution >= 4 is 0 Å². The molecule has 0 heterocycles. The van der Waals surface area contributed by atoms with Crippen LogP contribution in [0.5, 0.6) is 0 Å². The molecule has 2 saturated carbocycles. The molecule has 0 amide bonds. The van der Waals surface area contributed by atoms with Crippen molar-refractivity contribution in [2.45, 2.75) is 60.2 Å². The highest BCUT2D eigenvalue weighted by Gasteiger charge is 3.10. The second-order valence-corrected chi connectivity index (χ2v) is 7.88. The lowest BCUT2D eigenvalue weighted by molar-refractivity contribution is -0.416. The van der Waals surface area contributed by atoms with Gasteiger partial charge in [0.2, 0.25) is 11.1 Å². The van der Waals surface area contributed by atoms with Crippen LogP contribution in [-0.2, 0) is 0 Å². The number of rotatable bonds is 3. The number of halogens is 22. The van der Waals surface area contributed by atoms with Crippen LogP contribution in [0.1, 0.15) is 0 Å². The van der Waals surface area contributed by atoms with E-state index in [-0.39, 0.29) is 0 Å². The molecule has 5 atom stereocenters.